The Kier molecular flexibility index (Phi) is 4.44. The Morgan fingerprint density at radius 1 is 1.35 bits per heavy atom. The van der Waals surface area contributed by atoms with Gasteiger partial charge in [0, 0.05) is 29.1 Å². The minimum atomic E-state index is -3.02. The summed E-state index contributed by atoms with van der Waals surface area (Å²) in [5.74, 6) is -0.0743. The summed E-state index contributed by atoms with van der Waals surface area (Å²) in [6, 6.07) is 6.98. The van der Waals surface area contributed by atoms with Gasteiger partial charge in [-0.1, -0.05) is 23.7 Å². The van der Waals surface area contributed by atoms with E-state index in [9.17, 15) is 13.2 Å². The molecular formula is C15H15ClN2O3S2. The van der Waals surface area contributed by atoms with E-state index in [2.05, 4.69) is 4.98 Å². The Morgan fingerprint density at radius 3 is 2.65 bits per heavy atom. The van der Waals surface area contributed by atoms with Crippen LogP contribution in [0.3, 0.4) is 0 Å². The van der Waals surface area contributed by atoms with Crippen molar-refractivity contribution in [2.45, 2.75) is 12.5 Å². The normalized spacial score (nSPS) is 19.7. The number of thiazole rings is 1. The van der Waals surface area contributed by atoms with Crippen molar-refractivity contribution in [1.29, 1.82) is 0 Å². The number of carbonyl (C=O) groups is 1. The lowest BCUT2D eigenvalue weighted by Crippen LogP contribution is -2.38. The Hall–Kier alpha value is -1.44. The third-order valence-corrected chi connectivity index (χ3v) is 6.78. The molecule has 0 aliphatic carbocycles. The monoisotopic (exact) mass is 370 g/mol. The molecule has 1 saturated heterocycles. The molecule has 0 radical (unpaired) electrons. The fourth-order valence-corrected chi connectivity index (χ4v) is 5.22. The molecule has 1 amide bonds. The highest BCUT2D eigenvalue weighted by Gasteiger charge is 2.33. The zero-order valence-corrected chi connectivity index (χ0v) is 14.8. The maximum absolute atomic E-state index is 12.5. The van der Waals surface area contributed by atoms with Crippen molar-refractivity contribution >= 4 is 38.7 Å². The van der Waals surface area contributed by atoms with Crippen LogP contribution in [0.2, 0.25) is 5.02 Å². The number of nitrogens with zero attached hydrogens (tertiary/aromatic N) is 2. The van der Waals surface area contributed by atoms with Gasteiger partial charge in [0.25, 0.3) is 5.91 Å². The van der Waals surface area contributed by atoms with Gasteiger partial charge in [0.15, 0.2) is 9.84 Å². The van der Waals surface area contributed by atoms with Crippen molar-refractivity contribution in [3.63, 3.8) is 0 Å². The summed E-state index contributed by atoms with van der Waals surface area (Å²) in [5, 5.41) is 3.08. The molecule has 122 valence electrons. The van der Waals surface area contributed by atoms with Gasteiger partial charge >= 0.3 is 0 Å². The van der Waals surface area contributed by atoms with Crippen LogP contribution < -0.4 is 0 Å². The Bertz CT molecular complexity index is 831. The maximum Gasteiger partial charge on any atom is 0.273 e. The van der Waals surface area contributed by atoms with E-state index in [0.717, 1.165) is 10.6 Å². The summed E-state index contributed by atoms with van der Waals surface area (Å²) in [5.41, 5.74) is 1.23. The number of amides is 1. The van der Waals surface area contributed by atoms with Crippen LogP contribution in [0.15, 0.2) is 29.6 Å². The zero-order valence-electron chi connectivity index (χ0n) is 12.4. The van der Waals surface area contributed by atoms with Gasteiger partial charge < -0.3 is 4.90 Å². The minimum Gasteiger partial charge on any atom is -0.336 e. The number of hydrogen-bond acceptors (Lipinski definition) is 5. The fourth-order valence-electron chi connectivity index (χ4n) is 2.52. The van der Waals surface area contributed by atoms with Crippen LogP contribution in [-0.4, -0.2) is 48.8 Å². The number of halogens is 1. The molecule has 5 nitrogen and oxygen atoms in total. The summed E-state index contributed by atoms with van der Waals surface area (Å²) in [4.78, 5) is 18.4. The first kappa shape index (κ1) is 16.4. The van der Waals surface area contributed by atoms with Crippen LogP contribution in [0.4, 0.5) is 0 Å². The first-order valence-electron chi connectivity index (χ1n) is 7.05. The summed E-state index contributed by atoms with van der Waals surface area (Å²) >= 11 is 7.24. The molecule has 23 heavy (non-hydrogen) atoms. The lowest BCUT2D eigenvalue weighted by molar-refractivity contribution is 0.0742. The van der Waals surface area contributed by atoms with Gasteiger partial charge in [-0.2, -0.15) is 0 Å². The van der Waals surface area contributed by atoms with Crippen molar-refractivity contribution in [1.82, 2.24) is 9.88 Å². The third kappa shape index (κ3) is 3.57. The number of rotatable bonds is 3. The molecule has 0 spiro atoms. The lowest BCUT2D eigenvalue weighted by Gasteiger charge is -2.22. The molecule has 8 heteroatoms. The van der Waals surface area contributed by atoms with Crippen molar-refractivity contribution in [2.24, 2.45) is 0 Å². The molecule has 1 aliphatic rings. The number of sulfone groups is 1. The highest BCUT2D eigenvalue weighted by atomic mass is 35.5. The van der Waals surface area contributed by atoms with Gasteiger partial charge in [0.1, 0.15) is 10.7 Å². The quantitative estimate of drug-likeness (QED) is 0.833. The van der Waals surface area contributed by atoms with Crippen molar-refractivity contribution in [3.8, 4) is 10.6 Å². The van der Waals surface area contributed by atoms with Crippen molar-refractivity contribution in [2.75, 3.05) is 18.6 Å². The molecule has 3 rings (SSSR count). The van der Waals surface area contributed by atoms with E-state index in [4.69, 9.17) is 11.6 Å². The highest BCUT2D eigenvalue weighted by molar-refractivity contribution is 7.91. The molecule has 0 bridgehead atoms. The largest absolute Gasteiger partial charge is 0.336 e. The zero-order chi connectivity index (χ0) is 16.6. The van der Waals surface area contributed by atoms with E-state index in [1.54, 1.807) is 24.6 Å². The average Bonchev–Trinajstić information content (AvgIpc) is 3.13. The van der Waals surface area contributed by atoms with E-state index in [-0.39, 0.29) is 23.5 Å². The molecule has 2 aromatic rings. The number of carbonyl (C=O) groups excluding carboxylic acids is 1. The van der Waals surface area contributed by atoms with Gasteiger partial charge in [-0.05, 0) is 18.6 Å². The summed E-state index contributed by atoms with van der Waals surface area (Å²) < 4.78 is 23.1. The minimum absolute atomic E-state index is 0.0312. The predicted octanol–water partition coefficient (Wildman–Crippen LogP) is 2.72. The fraction of sp³-hybridized carbons (Fsp3) is 0.333. The number of hydrogen-bond donors (Lipinski definition) is 0. The lowest BCUT2D eigenvalue weighted by atomic mass is 10.2. The van der Waals surface area contributed by atoms with Crippen molar-refractivity contribution < 1.29 is 13.2 Å². The van der Waals surface area contributed by atoms with Crippen LogP contribution in [0.5, 0.6) is 0 Å². The van der Waals surface area contributed by atoms with Gasteiger partial charge in [-0.25, -0.2) is 13.4 Å². The van der Waals surface area contributed by atoms with Crippen LogP contribution in [0, 0.1) is 0 Å². The molecular weight excluding hydrogens is 356 g/mol. The van der Waals surface area contributed by atoms with E-state index >= 15 is 0 Å². The highest BCUT2D eigenvalue weighted by Crippen LogP contribution is 2.26. The standard InChI is InChI=1S/C15H15ClN2O3S2/c1-18(12-6-7-23(20,21)9-12)15(19)13-8-22-14(17-13)10-2-4-11(16)5-3-10/h2-5,8,12H,6-7,9H2,1H3/t12-/m1/s1. The number of benzene rings is 1. The van der Waals surface area contributed by atoms with Gasteiger partial charge in [-0.3, -0.25) is 4.79 Å². The van der Waals surface area contributed by atoms with Gasteiger partial charge in [-0.15, -0.1) is 11.3 Å². The smallest absolute Gasteiger partial charge is 0.273 e. The van der Waals surface area contributed by atoms with Crippen LogP contribution in [0.1, 0.15) is 16.9 Å². The van der Waals surface area contributed by atoms with E-state index in [1.807, 2.05) is 12.1 Å². The predicted molar refractivity (Wildman–Crippen MR) is 91.7 cm³/mol. The molecule has 1 aromatic heterocycles. The second-order valence-electron chi connectivity index (χ2n) is 5.52. The first-order chi connectivity index (χ1) is 10.9. The van der Waals surface area contributed by atoms with Gasteiger partial charge in [0.2, 0.25) is 0 Å². The topological polar surface area (TPSA) is 67.3 Å². The molecule has 0 unspecified atom stereocenters. The summed E-state index contributed by atoms with van der Waals surface area (Å²) in [7, 11) is -1.39. The molecule has 0 saturated carbocycles. The summed E-state index contributed by atoms with van der Waals surface area (Å²) in [6.45, 7) is 0. The van der Waals surface area contributed by atoms with Crippen LogP contribution in [-0.2, 0) is 9.84 Å². The summed E-state index contributed by atoms with van der Waals surface area (Å²) in [6.07, 6.45) is 0.485. The SMILES string of the molecule is CN(C(=O)c1csc(-c2ccc(Cl)cc2)n1)[C@@H]1CCS(=O)(=O)C1. The molecule has 2 heterocycles. The molecule has 0 N–H and O–H groups in total. The van der Waals surface area contributed by atoms with E-state index in [1.165, 1.54) is 16.2 Å². The maximum atomic E-state index is 12.5. The van der Waals surface area contributed by atoms with E-state index < -0.39 is 9.84 Å². The van der Waals surface area contributed by atoms with Crippen molar-refractivity contribution in [3.05, 3.63) is 40.4 Å². The van der Waals surface area contributed by atoms with Gasteiger partial charge in [0.05, 0.1) is 11.5 Å². The van der Waals surface area contributed by atoms with Crippen LogP contribution in [0.25, 0.3) is 10.6 Å². The number of aromatic nitrogens is 1. The molecule has 1 aromatic carbocycles. The van der Waals surface area contributed by atoms with E-state index in [0.29, 0.717) is 17.1 Å². The third-order valence-electron chi connectivity index (χ3n) is 3.89. The second-order valence-corrected chi connectivity index (χ2v) is 9.04. The van der Waals surface area contributed by atoms with Crippen LogP contribution >= 0.6 is 22.9 Å². The molecule has 1 atom stereocenters. The molecule has 1 fully saturated rings. The first-order valence-corrected chi connectivity index (χ1v) is 10.1. The second kappa shape index (κ2) is 6.22. The Labute approximate surface area is 143 Å². The molecule has 1 aliphatic heterocycles. The Balaban J connectivity index is 1.77. The Morgan fingerprint density at radius 2 is 2.04 bits per heavy atom. The average molecular weight is 371 g/mol.